The van der Waals surface area contributed by atoms with Crippen LogP contribution < -0.4 is 4.31 Å². The number of rotatable bonds is 4. The number of nitrogens with zero attached hydrogens (tertiary/aromatic N) is 2. The van der Waals surface area contributed by atoms with Crippen LogP contribution in [0.2, 0.25) is 0 Å². The summed E-state index contributed by atoms with van der Waals surface area (Å²) in [6, 6.07) is 4.78. The molecule has 112 valence electrons. The van der Waals surface area contributed by atoms with Gasteiger partial charge in [0.2, 0.25) is 15.9 Å². The summed E-state index contributed by atoms with van der Waals surface area (Å²) in [5.74, 6) is -0.253. The molecule has 0 aromatic heterocycles. The van der Waals surface area contributed by atoms with Gasteiger partial charge in [0.15, 0.2) is 0 Å². The van der Waals surface area contributed by atoms with Gasteiger partial charge >= 0.3 is 0 Å². The van der Waals surface area contributed by atoms with Crippen molar-refractivity contribution >= 4 is 21.6 Å². The Morgan fingerprint density at radius 2 is 1.75 bits per heavy atom. The van der Waals surface area contributed by atoms with Gasteiger partial charge in [-0.2, -0.15) is 0 Å². The summed E-state index contributed by atoms with van der Waals surface area (Å²) in [5.41, 5.74) is 2.32. The fourth-order valence-electron chi connectivity index (χ4n) is 2.11. The average Bonchev–Trinajstić information content (AvgIpc) is 2.30. The predicted molar refractivity (Wildman–Crippen MR) is 81.4 cm³/mol. The Kier molecular flexibility index (Phi) is 4.81. The third-order valence-corrected chi connectivity index (χ3v) is 4.34. The molecule has 0 heterocycles. The Morgan fingerprint density at radius 1 is 1.20 bits per heavy atom. The van der Waals surface area contributed by atoms with Crippen molar-refractivity contribution in [2.24, 2.45) is 0 Å². The van der Waals surface area contributed by atoms with Crippen LogP contribution in [0.4, 0.5) is 5.69 Å². The van der Waals surface area contributed by atoms with E-state index in [1.54, 1.807) is 27.1 Å². The highest BCUT2D eigenvalue weighted by molar-refractivity contribution is 7.92. The quantitative estimate of drug-likeness (QED) is 0.847. The minimum Gasteiger partial charge on any atom is -0.347 e. The number of likely N-dealkylation sites (N-methyl/N-ethyl adjacent to an activating group) is 1. The lowest BCUT2D eigenvalue weighted by atomic mass is 10.1. The molecule has 0 bridgehead atoms. The fraction of sp³-hybridized carbons (Fsp3) is 0.500. The van der Waals surface area contributed by atoms with Crippen molar-refractivity contribution < 1.29 is 13.2 Å². The summed E-state index contributed by atoms with van der Waals surface area (Å²) in [5, 5.41) is 0. The summed E-state index contributed by atoms with van der Waals surface area (Å²) in [7, 11) is -0.322. The van der Waals surface area contributed by atoms with Crippen LogP contribution in [0, 0.1) is 13.8 Å². The van der Waals surface area contributed by atoms with E-state index < -0.39 is 16.1 Å². The number of amides is 1. The molecule has 1 amide bonds. The van der Waals surface area contributed by atoms with Gasteiger partial charge in [-0.25, -0.2) is 8.42 Å². The molecule has 0 saturated carbocycles. The zero-order chi connectivity index (χ0) is 15.7. The molecule has 0 fully saturated rings. The molecule has 0 aliphatic carbocycles. The molecule has 5 nitrogen and oxygen atoms in total. The number of hydrogen-bond acceptors (Lipinski definition) is 3. The Hall–Kier alpha value is -1.56. The minimum atomic E-state index is -3.55. The van der Waals surface area contributed by atoms with E-state index in [0.717, 1.165) is 17.4 Å². The smallest absolute Gasteiger partial charge is 0.245 e. The topological polar surface area (TPSA) is 57.7 Å². The van der Waals surface area contributed by atoms with E-state index in [1.165, 1.54) is 9.21 Å². The lowest BCUT2D eigenvalue weighted by molar-refractivity contribution is -0.129. The predicted octanol–water partition coefficient (Wildman–Crippen LogP) is 1.55. The first-order valence-electron chi connectivity index (χ1n) is 6.33. The van der Waals surface area contributed by atoms with Crippen molar-refractivity contribution in [3.05, 3.63) is 29.3 Å². The molecule has 0 spiro atoms. The van der Waals surface area contributed by atoms with Gasteiger partial charge < -0.3 is 4.90 Å². The maximum Gasteiger partial charge on any atom is 0.245 e. The first-order chi connectivity index (χ1) is 9.05. The summed E-state index contributed by atoms with van der Waals surface area (Å²) in [6.07, 6.45) is 1.12. The largest absolute Gasteiger partial charge is 0.347 e. The van der Waals surface area contributed by atoms with Crippen molar-refractivity contribution in [2.45, 2.75) is 26.8 Å². The van der Waals surface area contributed by atoms with Crippen LogP contribution in [0.3, 0.4) is 0 Å². The molecule has 20 heavy (non-hydrogen) atoms. The van der Waals surface area contributed by atoms with Gasteiger partial charge in [-0.1, -0.05) is 12.1 Å². The van der Waals surface area contributed by atoms with E-state index in [9.17, 15) is 13.2 Å². The first-order valence-corrected chi connectivity index (χ1v) is 8.18. The van der Waals surface area contributed by atoms with E-state index >= 15 is 0 Å². The van der Waals surface area contributed by atoms with Crippen LogP contribution in [0.25, 0.3) is 0 Å². The van der Waals surface area contributed by atoms with Crippen LogP contribution >= 0.6 is 0 Å². The maximum atomic E-state index is 12.1. The van der Waals surface area contributed by atoms with Gasteiger partial charge in [-0.15, -0.1) is 0 Å². The van der Waals surface area contributed by atoms with Crippen molar-refractivity contribution in [1.82, 2.24) is 4.90 Å². The van der Waals surface area contributed by atoms with Crippen molar-refractivity contribution in [1.29, 1.82) is 0 Å². The number of hydrogen-bond donors (Lipinski definition) is 0. The van der Waals surface area contributed by atoms with Crippen LogP contribution in [-0.4, -0.2) is 45.6 Å². The second kappa shape index (κ2) is 5.83. The monoisotopic (exact) mass is 298 g/mol. The van der Waals surface area contributed by atoms with Crippen LogP contribution in [-0.2, 0) is 14.8 Å². The molecule has 1 atom stereocenters. The third kappa shape index (κ3) is 3.50. The van der Waals surface area contributed by atoms with Gasteiger partial charge in [0, 0.05) is 14.1 Å². The Balaban J connectivity index is 3.42. The molecular weight excluding hydrogens is 276 g/mol. The van der Waals surface area contributed by atoms with Crippen LogP contribution in [0.15, 0.2) is 18.2 Å². The lowest BCUT2D eigenvalue weighted by Gasteiger charge is -2.31. The highest BCUT2D eigenvalue weighted by atomic mass is 32.2. The van der Waals surface area contributed by atoms with E-state index in [2.05, 4.69) is 0 Å². The molecule has 1 rings (SSSR count). The lowest BCUT2D eigenvalue weighted by Crippen LogP contribution is -2.47. The Bertz CT molecular complexity index is 609. The van der Waals surface area contributed by atoms with Crippen molar-refractivity contribution in [3.63, 3.8) is 0 Å². The minimum absolute atomic E-state index is 0.253. The van der Waals surface area contributed by atoms with Crippen molar-refractivity contribution in [3.8, 4) is 0 Å². The highest BCUT2D eigenvalue weighted by Crippen LogP contribution is 2.26. The van der Waals surface area contributed by atoms with E-state index in [1.807, 2.05) is 26.0 Å². The number of anilines is 1. The van der Waals surface area contributed by atoms with E-state index in [0.29, 0.717) is 5.69 Å². The first kappa shape index (κ1) is 16.5. The molecule has 0 N–H and O–H groups in total. The van der Waals surface area contributed by atoms with Crippen molar-refractivity contribution in [2.75, 3.05) is 24.7 Å². The second-order valence-corrected chi connectivity index (χ2v) is 7.12. The summed E-state index contributed by atoms with van der Waals surface area (Å²) in [4.78, 5) is 13.5. The zero-order valence-electron chi connectivity index (χ0n) is 12.8. The maximum absolute atomic E-state index is 12.1. The molecular formula is C14H22N2O3S. The van der Waals surface area contributed by atoms with E-state index in [4.69, 9.17) is 0 Å². The standard InChI is InChI=1S/C14H22N2O3S/c1-10-7-8-11(2)13(9-10)16(20(6,18)19)12(3)14(17)15(4)5/h7-9,12H,1-6H3. The number of benzene rings is 1. The molecule has 0 radical (unpaired) electrons. The molecule has 0 saturated heterocycles. The molecule has 6 heteroatoms. The second-order valence-electron chi connectivity index (χ2n) is 5.26. The summed E-state index contributed by atoms with van der Waals surface area (Å²) in [6.45, 7) is 5.33. The number of sulfonamides is 1. The molecule has 0 aliphatic heterocycles. The molecule has 0 aliphatic rings. The average molecular weight is 298 g/mol. The number of carbonyl (C=O) groups is 1. The third-order valence-electron chi connectivity index (χ3n) is 3.11. The zero-order valence-corrected chi connectivity index (χ0v) is 13.7. The summed E-state index contributed by atoms with van der Waals surface area (Å²) >= 11 is 0. The Labute approximate surface area is 121 Å². The van der Waals surface area contributed by atoms with Gasteiger partial charge in [-0.3, -0.25) is 9.10 Å². The normalized spacial score (nSPS) is 12.9. The fourth-order valence-corrected chi connectivity index (χ4v) is 3.32. The van der Waals surface area contributed by atoms with Gasteiger partial charge in [-0.05, 0) is 38.0 Å². The summed E-state index contributed by atoms with van der Waals surface area (Å²) < 4.78 is 25.4. The SMILES string of the molecule is Cc1ccc(C)c(N(C(C)C(=O)N(C)C)S(C)(=O)=O)c1. The number of aryl methyl sites for hydroxylation is 2. The highest BCUT2D eigenvalue weighted by Gasteiger charge is 2.30. The number of carbonyl (C=O) groups excluding carboxylic acids is 1. The van der Waals surface area contributed by atoms with Gasteiger partial charge in [0.05, 0.1) is 11.9 Å². The molecule has 1 unspecified atom stereocenters. The molecule has 1 aromatic carbocycles. The van der Waals surface area contributed by atoms with Gasteiger partial charge in [0.1, 0.15) is 6.04 Å². The van der Waals surface area contributed by atoms with E-state index in [-0.39, 0.29) is 5.91 Å². The van der Waals surface area contributed by atoms with Crippen LogP contribution in [0.5, 0.6) is 0 Å². The van der Waals surface area contributed by atoms with Crippen LogP contribution in [0.1, 0.15) is 18.1 Å². The Morgan fingerprint density at radius 3 is 2.20 bits per heavy atom. The molecule has 1 aromatic rings. The van der Waals surface area contributed by atoms with Gasteiger partial charge in [0.25, 0.3) is 0 Å².